The summed E-state index contributed by atoms with van der Waals surface area (Å²) >= 11 is 0. The molecule has 0 aromatic rings. The normalized spacial score (nSPS) is 11.3. The van der Waals surface area contributed by atoms with Crippen LogP contribution in [-0.2, 0) is 14.3 Å². The number of esters is 1. The smallest absolute Gasteiger partial charge is 0.306 e. The molecule has 1 N–H and O–H groups in total. The quantitative estimate of drug-likeness (QED) is 0.457. The SMILES string of the molecule is CCCCCCC(C)(C)OC(=O)CCCCC(=O)O. The van der Waals surface area contributed by atoms with Crippen LogP contribution in [0, 0.1) is 0 Å². The third-order valence-corrected chi connectivity index (χ3v) is 3.04. The molecule has 0 radical (unpaired) electrons. The average molecular weight is 272 g/mol. The van der Waals surface area contributed by atoms with Gasteiger partial charge >= 0.3 is 11.9 Å². The van der Waals surface area contributed by atoms with E-state index in [2.05, 4.69) is 6.92 Å². The maximum Gasteiger partial charge on any atom is 0.306 e. The van der Waals surface area contributed by atoms with E-state index in [1.807, 2.05) is 13.8 Å². The van der Waals surface area contributed by atoms with Crippen molar-refractivity contribution in [1.29, 1.82) is 0 Å². The van der Waals surface area contributed by atoms with Crippen molar-refractivity contribution in [3.05, 3.63) is 0 Å². The second kappa shape index (κ2) is 9.82. The molecule has 0 saturated carbocycles. The van der Waals surface area contributed by atoms with Gasteiger partial charge in [0.05, 0.1) is 0 Å². The number of unbranched alkanes of at least 4 members (excludes halogenated alkanes) is 4. The van der Waals surface area contributed by atoms with Crippen molar-refractivity contribution < 1.29 is 19.4 Å². The van der Waals surface area contributed by atoms with Crippen molar-refractivity contribution in [1.82, 2.24) is 0 Å². The highest BCUT2D eigenvalue weighted by atomic mass is 16.6. The zero-order valence-electron chi connectivity index (χ0n) is 12.5. The third-order valence-electron chi connectivity index (χ3n) is 3.04. The van der Waals surface area contributed by atoms with E-state index in [1.54, 1.807) is 0 Å². The number of hydrogen-bond donors (Lipinski definition) is 1. The molecular weight excluding hydrogens is 244 g/mol. The monoisotopic (exact) mass is 272 g/mol. The molecule has 4 heteroatoms. The molecule has 0 atom stereocenters. The van der Waals surface area contributed by atoms with Gasteiger partial charge in [0.25, 0.3) is 0 Å². The van der Waals surface area contributed by atoms with Crippen molar-refractivity contribution in [2.24, 2.45) is 0 Å². The first-order chi connectivity index (χ1) is 8.87. The Kier molecular flexibility index (Phi) is 9.27. The zero-order valence-corrected chi connectivity index (χ0v) is 12.5. The average Bonchev–Trinajstić information content (AvgIpc) is 2.29. The van der Waals surface area contributed by atoms with Crippen LogP contribution in [0.15, 0.2) is 0 Å². The van der Waals surface area contributed by atoms with Gasteiger partial charge in [-0.3, -0.25) is 9.59 Å². The minimum atomic E-state index is -0.815. The van der Waals surface area contributed by atoms with Crippen molar-refractivity contribution in [2.45, 2.75) is 84.2 Å². The molecule has 0 aliphatic rings. The van der Waals surface area contributed by atoms with Crippen LogP contribution in [0.2, 0.25) is 0 Å². The number of carbonyl (C=O) groups excluding carboxylic acids is 1. The Balaban J connectivity index is 3.73. The van der Waals surface area contributed by atoms with Crippen molar-refractivity contribution >= 4 is 11.9 Å². The van der Waals surface area contributed by atoms with Gasteiger partial charge in [0, 0.05) is 12.8 Å². The topological polar surface area (TPSA) is 63.6 Å². The summed E-state index contributed by atoms with van der Waals surface area (Å²) in [5.41, 5.74) is -0.405. The molecule has 0 fully saturated rings. The number of aliphatic carboxylic acids is 1. The number of carboxylic acid groups (broad SMARTS) is 1. The largest absolute Gasteiger partial charge is 0.481 e. The Bertz CT molecular complexity index is 271. The molecule has 0 unspecified atom stereocenters. The first-order valence-corrected chi connectivity index (χ1v) is 7.31. The van der Waals surface area contributed by atoms with E-state index in [0.29, 0.717) is 19.3 Å². The molecule has 0 rings (SSSR count). The van der Waals surface area contributed by atoms with Crippen LogP contribution in [0.25, 0.3) is 0 Å². The summed E-state index contributed by atoms with van der Waals surface area (Å²) in [5, 5.41) is 8.49. The van der Waals surface area contributed by atoms with Gasteiger partial charge in [0.15, 0.2) is 0 Å². The minimum Gasteiger partial charge on any atom is -0.481 e. The molecule has 0 aromatic heterocycles. The fourth-order valence-corrected chi connectivity index (χ4v) is 1.93. The highest BCUT2D eigenvalue weighted by Gasteiger charge is 2.21. The summed E-state index contributed by atoms with van der Waals surface area (Å²) in [5.74, 6) is -1.03. The summed E-state index contributed by atoms with van der Waals surface area (Å²) in [6.07, 6.45) is 7.10. The van der Waals surface area contributed by atoms with E-state index < -0.39 is 11.6 Å². The minimum absolute atomic E-state index is 0.119. The second-order valence-electron chi connectivity index (χ2n) is 5.65. The number of rotatable bonds is 11. The standard InChI is InChI=1S/C15H28O4/c1-4-5-6-9-12-15(2,3)19-14(18)11-8-7-10-13(16)17/h4-12H2,1-3H3,(H,16,17). The fraction of sp³-hybridized carbons (Fsp3) is 0.867. The molecule has 112 valence electrons. The Morgan fingerprint density at radius 3 is 2.21 bits per heavy atom. The van der Waals surface area contributed by atoms with E-state index in [0.717, 1.165) is 12.8 Å². The van der Waals surface area contributed by atoms with Gasteiger partial charge in [-0.05, 0) is 39.5 Å². The molecule has 0 saturated heterocycles. The van der Waals surface area contributed by atoms with E-state index >= 15 is 0 Å². The first-order valence-electron chi connectivity index (χ1n) is 7.31. The molecular formula is C15H28O4. The van der Waals surface area contributed by atoms with Gasteiger partial charge in [-0.15, -0.1) is 0 Å². The van der Waals surface area contributed by atoms with E-state index in [4.69, 9.17) is 9.84 Å². The number of hydrogen-bond acceptors (Lipinski definition) is 3. The third kappa shape index (κ3) is 11.7. The Morgan fingerprint density at radius 2 is 1.63 bits per heavy atom. The first kappa shape index (κ1) is 17.9. The van der Waals surface area contributed by atoms with Crippen LogP contribution in [0.4, 0.5) is 0 Å². The lowest BCUT2D eigenvalue weighted by Gasteiger charge is -2.25. The highest BCUT2D eigenvalue weighted by molar-refractivity contribution is 5.70. The molecule has 0 heterocycles. The van der Waals surface area contributed by atoms with Crippen molar-refractivity contribution in [2.75, 3.05) is 0 Å². The van der Waals surface area contributed by atoms with Gasteiger partial charge < -0.3 is 9.84 Å². The maximum atomic E-state index is 11.6. The lowest BCUT2D eigenvalue weighted by Crippen LogP contribution is -2.27. The lowest BCUT2D eigenvalue weighted by atomic mass is 10.00. The van der Waals surface area contributed by atoms with Gasteiger partial charge in [0.2, 0.25) is 0 Å². The summed E-state index contributed by atoms with van der Waals surface area (Å²) in [6.45, 7) is 6.05. The van der Waals surface area contributed by atoms with E-state index in [9.17, 15) is 9.59 Å². The molecule has 0 aliphatic carbocycles. The molecule has 0 spiro atoms. The molecule has 0 amide bonds. The Hall–Kier alpha value is -1.06. The summed E-state index contributed by atoms with van der Waals surface area (Å²) in [7, 11) is 0. The Morgan fingerprint density at radius 1 is 1.00 bits per heavy atom. The predicted molar refractivity (Wildman–Crippen MR) is 75.0 cm³/mol. The maximum absolute atomic E-state index is 11.6. The molecule has 0 bridgehead atoms. The Labute approximate surface area is 116 Å². The number of ether oxygens (including phenoxy) is 1. The molecule has 0 aromatic carbocycles. The van der Waals surface area contributed by atoms with Gasteiger partial charge in [-0.1, -0.05) is 26.2 Å². The van der Waals surface area contributed by atoms with Crippen LogP contribution in [0.5, 0.6) is 0 Å². The summed E-state index contributed by atoms with van der Waals surface area (Å²) in [6, 6.07) is 0. The van der Waals surface area contributed by atoms with E-state index in [-0.39, 0.29) is 12.4 Å². The van der Waals surface area contributed by atoms with E-state index in [1.165, 1.54) is 19.3 Å². The lowest BCUT2D eigenvalue weighted by molar-refractivity contribution is -0.157. The molecule has 4 nitrogen and oxygen atoms in total. The van der Waals surface area contributed by atoms with Gasteiger partial charge in [-0.2, -0.15) is 0 Å². The predicted octanol–water partition coefficient (Wildman–Crippen LogP) is 3.92. The molecule has 0 aliphatic heterocycles. The zero-order chi connectivity index (χ0) is 14.7. The second-order valence-corrected chi connectivity index (χ2v) is 5.65. The number of carboxylic acids is 1. The van der Waals surface area contributed by atoms with Crippen LogP contribution in [-0.4, -0.2) is 22.6 Å². The van der Waals surface area contributed by atoms with Crippen molar-refractivity contribution in [3.8, 4) is 0 Å². The van der Waals surface area contributed by atoms with Crippen LogP contribution in [0.3, 0.4) is 0 Å². The molecule has 19 heavy (non-hydrogen) atoms. The van der Waals surface area contributed by atoms with Gasteiger partial charge in [0.1, 0.15) is 5.60 Å². The number of carbonyl (C=O) groups is 2. The highest BCUT2D eigenvalue weighted by Crippen LogP contribution is 2.20. The van der Waals surface area contributed by atoms with Crippen LogP contribution >= 0.6 is 0 Å². The van der Waals surface area contributed by atoms with Crippen LogP contribution in [0.1, 0.15) is 78.6 Å². The van der Waals surface area contributed by atoms with Gasteiger partial charge in [-0.25, -0.2) is 0 Å². The van der Waals surface area contributed by atoms with Crippen molar-refractivity contribution in [3.63, 3.8) is 0 Å². The summed E-state index contributed by atoms with van der Waals surface area (Å²) < 4.78 is 5.44. The summed E-state index contributed by atoms with van der Waals surface area (Å²) in [4.78, 5) is 22.0. The van der Waals surface area contributed by atoms with Crippen LogP contribution < -0.4 is 0 Å². The fourth-order valence-electron chi connectivity index (χ4n) is 1.93.